The zero-order chi connectivity index (χ0) is 20.4. The number of likely N-dealkylation sites (tertiary alicyclic amines) is 1. The average Bonchev–Trinajstić information content (AvgIpc) is 2.75. The van der Waals surface area contributed by atoms with Crippen LogP contribution in [-0.2, 0) is 14.8 Å². The lowest BCUT2D eigenvalue weighted by atomic mass is 9.97. The molecule has 4 rings (SSSR count). The second-order valence-corrected chi connectivity index (χ2v) is 10.2. The predicted molar refractivity (Wildman–Crippen MR) is 114 cm³/mol. The van der Waals surface area contributed by atoms with Gasteiger partial charge in [-0.2, -0.15) is 4.31 Å². The highest BCUT2D eigenvalue weighted by atomic mass is 32.2. The van der Waals surface area contributed by atoms with Gasteiger partial charge in [0.15, 0.2) is 0 Å². The first-order chi connectivity index (χ1) is 13.9. The lowest BCUT2D eigenvalue weighted by Crippen LogP contribution is -2.49. The largest absolute Gasteiger partial charge is 0.353 e. The van der Waals surface area contributed by atoms with Gasteiger partial charge in [-0.15, -0.1) is 0 Å². The monoisotopic (exact) mass is 415 g/mol. The van der Waals surface area contributed by atoms with E-state index in [9.17, 15) is 13.2 Å². The fourth-order valence-electron chi connectivity index (χ4n) is 4.32. The van der Waals surface area contributed by atoms with Crippen LogP contribution >= 0.6 is 0 Å². The Morgan fingerprint density at radius 1 is 1.00 bits per heavy atom. The molecule has 29 heavy (non-hydrogen) atoms. The molecule has 0 spiro atoms. The van der Waals surface area contributed by atoms with E-state index in [1.165, 1.54) is 4.31 Å². The minimum absolute atomic E-state index is 0.00188. The van der Waals surface area contributed by atoms with Gasteiger partial charge in [-0.1, -0.05) is 30.3 Å². The number of benzene rings is 2. The summed E-state index contributed by atoms with van der Waals surface area (Å²) < 4.78 is 27.9. The van der Waals surface area contributed by atoms with Gasteiger partial charge in [-0.05, 0) is 68.7 Å². The molecule has 0 saturated carbocycles. The molecule has 1 N–H and O–H groups in total. The molecule has 2 fully saturated rings. The summed E-state index contributed by atoms with van der Waals surface area (Å²) in [5, 5.41) is 5.08. The Bertz CT molecular complexity index is 984. The topological polar surface area (TPSA) is 69.7 Å². The third kappa shape index (κ3) is 4.47. The SMILES string of the molecule is CN1CCC(NC(=O)C2CCCN(S(=O)(=O)c3ccc4ccccc4c3)C2)CC1. The molecule has 2 aromatic carbocycles. The number of nitrogens with one attached hydrogen (secondary N) is 1. The quantitative estimate of drug-likeness (QED) is 0.833. The maximum atomic E-state index is 13.2. The zero-order valence-electron chi connectivity index (χ0n) is 16.9. The van der Waals surface area contributed by atoms with Gasteiger partial charge < -0.3 is 10.2 Å². The Hall–Kier alpha value is -1.96. The van der Waals surface area contributed by atoms with E-state index in [1.54, 1.807) is 12.1 Å². The van der Waals surface area contributed by atoms with Crippen LogP contribution in [0.15, 0.2) is 47.4 Å². The van der Waals surface area contributed by atoms with Crippen LogP contribution in [0.2, 0.25) is 0 Å². The van der Waals surface area contributed by atoms with Crippen molar-refractivity contribution in [2.24, 2.45) is 5.92 Å². The van der Waals surface area contributed by atoms with Gasteiger partial charge >= 0.3 is 0 Å². The Morgan fingerprint density at radius 3 is 2.48 bits per heavy atom. The van der Waals surface area contributed by atoms with Crippen LogP contribution in [0.4, 0.5) is 0 Å². The van der Waals surface area contributed by atoms with Crippen molar-refractivity contribution in [3.05, 3.63) is 42.5 Å². The summed E-state index contributed by atoms with van der Waals surface area (Å²) >= 11 is 0. The number of nitrogens with zero attached hydrogens (tertiary/aromatic N) is 2. The highest BCUT2D eigenvalue weighted by Gasteiger charge is 2.34. The summed E-state index contributed by atoms with van der Waals surface area (Å²) in [5.41, 5.74) is 0. The molecule has 7 heteroatoms. The fraction of sp³-hybridized carbons (Fsp3) is 0.500. The van der Waals surface area contributed by atoms with Crippen LogP contribution in [0.3, 0.4) is 0 Å². The molecular weight excluding hydrogens is 386 g/mol. The van der Waals surface area contributed by atoms with Gasteiger partial charge in [0.2, 0.25) is 15.9 Å². The van der Waals surface area contributed by atoms with Gasteiger partial charge in [0.1, 0.15) is 0 Å². The number of piperidine rings is 2. The normalized spacial score (nSPS) is 22.6. The van der Waals surface area contributed by atoms with Crippen molar-refractivity contribution in [2.75, 3.05) is 33.2 Å². The standard InChI is InChI=1S/C22H29N3O3S/c1-24-13-10-20(11-14-24)23-22(26)19-7-4-12-25(16-19)29(27,28)21-9-8-17-5-2-3-6-18(17)15-21/h2-3,5-6,8-9,15,19-20H,4,7,10-14,16H2,1H3,(H,23,26). The first-order valence-electron chi connectivity index (χ1n) is 10.4. The van der Waals surface area contributed by atoms with E-state index in [-0.39, 0.29) is 24.4 Å². The Balaban J connectivity index is 1.45. The first kappa shape index (κ1) is 20.3. The van der Waals surface area contributed by atoms with Crippen molar-refractivity contribution in [3.8, 4) is 0 Å². The number of hydrogen-bond donors (Lipinski definition) is 1. The van der Waals surface area contributed by atoms with Gasteiger partial charge in [-0.3, -0.25) is 4.79 Å². The summed E-state index contributed by atoms with van der Waals surface area (Å²) in [6.07, 6.45) is 3.35. The number of sulfonamides is 1. The van der Waals surface area contributed by atoms with Crippen LogP contribution in [-0.4, -0.2) is 62.8 Å². The molecule has 0 aliphatic carbocycles. The molecular formula is C22H29N3O3S. The van der Waals surface area contributed by atoms with E-state index >= 15 is 0 Å². The number of rotatable bonds is 4. The Morgan fingerprint density at radius 2 is 1.72 bits per heavy atom. The molecule has 156 valence electrons. The minimum atomic E-state index is -3.61. The van der Waals surface area contributed by atoms with Crippen molar-refractivity contribution in [3.63, 3.8) is 0 Å². The van der Waals surface area contributed by atoms with Crippen molar-refractivity contribution in [2.45, 2.75) is 36.6 Å². The molecule has 1 amide bonds. The number of carbonyl (C=O) groups excluding carboxylic acids is 1. The summed E-state index contributed by atoms with van der Waals surface area (Å²) in [6.45, 7) is 2.69. The van der Waals surface area contributed by atoms with E-state index in [4.69, 9.17) is 0 Å². The second kappa shape index (κ2) is 8.42. The Kier molecular flexibility index (Phi) is 5.90. The van der Waals surface area contributed by atoms with Crippen LogP contribution in [0.1, 0.15) is 25.7 Å². The van der Waals surface area contributed by atoms with Gasteiger partial charge in [0, 0.05) is 19.1 Å². The highest BCUT2D eigenvalue weighted by molar-refractivity contribution is 7.89. The molecule has 2 aromatic rings. The molecule has 6 nitrogen and oxygen atoms in total. The maximum absolute atomic E-state index is 13.2. The Labute approximate surface area is 172 Å². The fourth-order valence-corrected chi connectivity index (χ4v) is 5.88. The third-order valence-electron chi connectivity index (χ3n) is 6.18. The van der Waals surface area contributed by atoms with E-state index < -0.39 is 10.0 Å². The van der Waals surface area contributed by atoms with Gasteiger partial charge in [0.05, 0.1) is 10.8 Å². The number of amides is 1. The molecule has 2 aliphatic rings. The maximum Gasteiger partial charge on any atom is 0.243 e. The van der Waals surface area contributed by atoms with E-state index in [0.717, 1.165) is 43.1 Å². The molecule has 1 unspecified atom stereocenters. The lowest BCUT2D eigenvalue weighted by molar-refractivity contribution is -0.127. The molecule has 1 atom stereocenters. The molecule has 0 bridgehead atoms. The van der Waals surface area contributed by atoms with Crippen LogP contribution < -0.4 is 5.32 Å². The van der Waals surface area contributed by atoms with Crippen molar-refractivity contribution in [1.82, 2.24) is 14.5 Å². The lowest BCUT2D eigenvalue weighted by Gasteiger charge is -2.34. The highest BCUT2D eigenvalue weighted by Crippen LogP contribution is 2.26. The molecule has 0 aromatic heterocycles. The number of hydrogen-bond acceptors (Lipinski definition) is 4. The summed E-state index contributed by atoms with van der Waals surface area (Å²) in [5.74, 6) is -0.281. The van der Waals surface area contributed by atoms with Crippen LogP contribution in [0, 0.1) is 5.92 Å². The minimum Gasteiger partial charge on any atom is -0.353 e. The average molecular weight is 416 g/mol. The summed E-state index contributed by atoms with van der Waals surface area (Å²) in [4.78, 5) is 15.3. The summed E-state index contributed by atoms with van der Waals surface area (Å²) in [7, 11) is -1.52. The third-order valence-corrected chi connectivity index (χ3v) is 8.04. The number of carbonyl (C=O) groups is 1. The summed E-state index contributed by atoms with van der Waals surface area (Å²) in [6, 6.07) is 13.2. The first-order valence-corrected chi connectivity index (χ1v) is 11.9. The molecule has 2 saturated heterocycles. The predicted octanol–water partition coefficient (Wildman–Crippen LogP) is 2.45. The smallest absolute Gasteiger partial charge is 0.243 e. The molecule has 2 aliphatic heterocycles. The van der Waals surface area contributed by atoms with Gasteiger partial charge in [0.25, 0.3) is 0 Å². The van der Waals surface area contributed by atoms with E-state index in [2.05, 4.69) is 17.3 Å². The van der Waals surface area contributed by atoms with E-state index in [1.807, 2.05) is 30.3 Å². The zero-order valence-corrected chi connectivity index (χ0v) is 17.7. The van der Waals surface area contributed by atoms with Crippen molar-refractivity contribution < 1.29 is 13.2 Å². The van der Waals surface area contributed by atoms with E-state index in [0.29, 0.717) is 17.9 Å². The van der Waals surface area contributed by atoms with Crippen LogP contribution in [0.25, 0.3) is 10.8 Å². The van der Waals surface area contributed by atoms with Crippen molar-refractivity contribution in [1.29, 1.82) is 0 Å². The van der Waals surface area contributed by atoms with Crippen molar-refractivity contribution >= 4 is 26.7 Å². The number of fused-ring (bicyclic) bond motifs is 1. The molecule has 0 radical (unpaired) electrons. The van der Waals surface area contributed by atoms with Gasteiger partial charge in [-0.25, -0.2) is 8.42 Å². The molecule has 2 heterocycles. The second-order valence-electron chi connectivity index (χ2n) is 8.30. The van der Waals surface area contributed by atoms with Crippen LogP contribution in [0.5, 0.6) is 0 Å².